The number of amides is 1. The van der Waals surface area contributed by atoms with Gasteiger partial charge in [0.2, 0.25) is 5.91 Å². The van der Waals surface area contributed by atoms with Crippen molar-refractivity contribution in [1.29, 1.82) is 0 Å². The molecule has 88 valence electrons. The molecule has 1 aliphatic heterocycles. The van der Waals surface area contributed by atoms with Gasteiger partial charge in [-0.15, -0.1) is 0 Å². The van der Waals surface area contributed by atoms with E-state index in [2.05, 4.69) is 0 Å². The van der Waals surface area contributed by atoms with Crippen molar-refractivity contribution in [3.8, 4) is 0 Å². The quantitative estimate of drug-likeness (QED) is 0.585. The smallest absolute Gasteiger partial charge is 0.301 e. The molecule has 0 aromatic carbocycles. The summed E-state index contributed by atoms with van der Waals surface area (Å²) in [7, 11) is -2.44. The Morgan fingerprint density at radius 3 is 2.53 bits per heavy atom. The van der Waals surface area contributed by atoms with Crippen LogP contribution in [0.15, 0.2) is 0 Å². The molecule has 0 saturated carbocycles. The van der Waals surface area contributed by atoms with E-state index in [4.69, 9.17) is 4.74 Å². The molecule has 0 aliphatic carbocycles. The van der Waals surface area contributed by atoms with E-state index in [0.29, 0.717) is 26.3 Å². The van der Waals surface area contributed by atoms with E-state index in [0.717, 1.165) is 0 Å². The van der Waals surface area contributed by atoms with E-state index < -0.39 is 16.1 Å². The van der Waals surface area contributed by atoms with Crippen molar-refractivity contribution < 1.29 is 17.9 Å². The fourth-order valence-electron chi connectivity index (χ4n) is 1.20. The maximum absolute atomic E-state index is 11.3. The first-order valence-electron chi connectivity index (χ1n) is 4.58. The Hall–Kier alpha value is -0.700. The van der Waals surface area contributed by atoms with Gasteiger partial charge >= 0.3 is 10.2 Å². The van der Waals surface area contributed by atoms with Gasteiger partial charge < -0.3 is 4.74 Å². The second kappa shape index (κ2) is 5.40. The zero-order chi connectivity index (χ0) is 11.3. The summed E-state index contributed by atoms with van der Waals surface area (Å²) in [6, 6.07) is 0. The predicted octanol–water partition coefficient (Wildman–Crippen LogP) is -2.10. The molecule has 0 aromatic heterocycles. The summed E-state index contributed by atoms with van der Waals surface area (Å²) < 4.78 is 30.9. The number of hydrogen-bond acceptors (Lipinski definition) is 5. The van der Waals surface area contributed by atoms with Crippen LogP contribution in [-0.4, -0.2) is 59.1 Å². The van der Waals surface area contributed by atoms with E-state index >= 15 is 0 Å². The molecule has 7 nitrogen and oxygen atoms in total. The summed E-state index contributed by atoms with van der Waals surface area (Å²) in [6.45, 7) is 2.52. The number of nitrogens with zero attached hydrogens (tertiary/aromatic N) is 1. The van der Waals surface area contributed by atoms with Gasteiger partial charge in [0, 0.05) is 20.1 Å². The largest absolute Gasteiger partial charge is 0.379 e. The predicted molar refractivity (Wildman–Crippen MR) is 53.4 cm³/mol. The van der Waals surface area contributed by atoms with Crippen molar-refractivity contribution in [2.75, 3.05) is 39.9 Å². The molecule has 8 heteroatoms. The molecule has 1 rings (SSSR count). The van der Waals surface area contributed by atoms with Crippen LogP contribution >= 0.6 is 0 Å². The molecule has 0 atom stereocenters. The van der Waals surface area contributed by atoms with Crippen molar-refractivity contribution in [1.82, 2.24) is 14.3 Å². The molecule has 2 N–H and O–H groups in total. The van der Waals surface area contributed by atoms with E-state index in [1.54, 1.807) is 0 Å². The second-order valence-corrected chi connectivity index (χ2v) is 4.74. The fourth-order valence-corrected chi connectivity index (χ4v) is 1.66. The van der Waals surface area contributed by atoms with Gasteiger partial charge in [0.1, 0.15) is 0 Å². The molecular weight excluding hydrogens is 222 g/mol. The lowest BCUT2D eigenvalue weighted by Gasteiger charge is -2.25. The molecule has 0 bridgehead atoms. The molecule has 1 saturated heterocycles. The van der Waals surface area contributed by atoms with Gasteiger partial charge in [0.15, 0.2) is 0 Å². The lowest BCUT2D eigenvalue weighted by Crippen LogP contribution is -2.46. The van der Waals surface area contributed by atoms with Gasteiger partial charge in [0.05, 0.1) is 19.8 Å². The maximum atomic E-state index is 11.3. The van der Waals surface area contributed by atoms with Crippen LogP contribution < -0.4 is 9.44 Å². The number of hydrogen-bond donors (Lipinski definition) is 2. The molecule has 1 amide bonds. The Balaban J connectivity index is 2.35. The lowest BCUT2D eigenvalue weighted by molar-refractivity contribution is -0.121. The van der Waals surface area contributed by atoms with Crippen LogP contribution in [0.3, 0.4) is 0 Å². The first-order valence-corrected chi connectivity index (χ1v) is 6.06. The topological polar surface area (TPSA) is 87.7 Å². The Kier molecular flexibility index (Phi) is 4.45. The second-order valence-electron chi connectivity index (χ2n) is 3.12. The van der Waals surface area contributed by atoms with Gasteiger partial charge in [-0.05, 0) is 0 Å². The Morgan fingerprint density at radius 2 is 2.00 bits per heavy atom. The summed E-state index contributed by atoms with van der Waals surface area (Å²) in [5.41, 5.74) is 0. The van der Waals surface area contributed by atoms with Crippen molar-refractivity contribution >= 4 is 16.1 Å². The van der Waals surface area contributed by atoms with Crippen molar-refractivity contribution in [3.63, 3.8) is 0 Å². The van der Waals surface area contributed by atoms with Crippen molar-refractivity contribution in [2.45, 2.75) is 0 Å². The highest BCUT2D eigenvalue weighted by Gasteiger charge is 2.17. The summed E-state index contributed by atoms with van der Waals surface area (Å²) in [4.78, 5) is 13.1. The van der Waals surface area contributed by atoms with Crippen LogP contribution in [0.25, 0.3) is 0 Å². The van der Waals surface area contributed by atoms with E-state index in [1.807, 2.05) is 14.3 Å². The minimum atomic E-state index is -3.68. The monoisotopic (exact) mass is 237 g/mol. The summed E-state index contributed by atoms with van der Waals surface area (Å²) in [5, 5.41) is 0. The highest BCUT2D eigenvalue weighted by atomic mass is 32.2. The van der Waals surface area contributed by atoms with Crippen LogP contribution in [0, 0.1) is 0 Å². The Bertz CT molecular complexity index is 310. The highest BCUT2D eigenvalue weighted by molar-refractivity contribution is 7.88. The normalized spacial score (nSPS) is 18.7. The summed E-state index contributed by atoms with van der Waals surface area (Å²) >= 11 is 0. The SMILES string of the molecule is CNS(=O)(=O)NC(=O)CN1CCOCC1. The van der Waals surface area contributed by atoms with Crippen LogP contribution in [0.5, 0.6) is 0 Å². The molecule has 0 aromatic rings. The lowest BCUT2D eigenvalue weighted by atomic mass is 10.4. The van der Waals surface area contributed by atoms with E-state index in [1.165, 1.54) is 7.05 Å². The van der Waals surface area contributed by atoms with Crippen molar-refractivity contribution in [2.24, 2.45) is 0 Å². The first-order chi connectivity index (χ1) is 7.03. The summed E-state index contributed by atoms with van der Waals surface area (Å²) in [5.74, 6) is -0.536. The molecular formula is C7H15N3O4S. The molecule has 0 unspecified atom stereocenters. The fraction of sp³-hybridized carbons (Fsp3) is 0.857. The zero-order valence-electron chi connectivity index (χ0n) is 8.52. The number of morpholine rings is 1. The number of ether oxygens (including phenoxy) is 1. The standard InChI is InChI=1S/C7H15N3O4S/c1-8-15(12,13)9-7(11)6-10-2-4-14-5-3-10/h8H,2-6H2,1H3,(H,9,11). The summed E-state index contributed by atoms with van der Waals surface area (Å²) in [6.07, 6.45) is 0. The number of rotatable bonds is 4. The van der Waals surface area contributed by atoms with Crippen LogP contribution in [0.1, 0.15) is 0 Å². The van der Waals surface area contributed by atoms with Crippen LogP contribution in [0.4, 0.5) is 0 Å². The zero-order valence-corrected chi connectivity index (χ0v) is 9.34. The van der Waals surface area contributed by atoms with E-state index in [9.17, 15) is 13.2 Å². The highest BCUT2D eigenvalue weighted by Crippen LogP contribution is 1.95. The third-order valence-corrected chi connectivity index (χ3v) is 3.02. The first kappa shape index (κ1) is 12.4. The number of nitrogens with one attached hydrogen (secondary N) is 2. The van der Waals surface area contributed by atoms with Gasteiger partial charge in [-0.1, -0.05) is 0 Å². The molecule has 1 fully saturated rings. The van der Waals surface area contributed by atoms with Crippen LogP contribution in [-0.2, 0) is 19.7 Å². The minimum absolute atomic E-state index is 0.0737. The Labute approximate surface area is 89.0 Å². The van der Waals surface area contributed by atoms with Gasteiger partial charge in [0.25, 0.3) is 0 Å². The molecule has 0 radical (unpaired) electrons. The molecule has 0 spiro atoms. The average Bonchev–Trinajstić information content (AvgIpc) is 2.18. The van der Waals surface area contributed by atoms with Gasteiger partial charge in [-0.3, -0.25) is 9.69 Å². The molecule has 1 aliphatic rings. The number of carbonyl (C=O) groups excluding carboxylic acids is 1. The van der Waals surface area contributed by atoms with Crippen molar-refractivity contribution in [3.05, 3.63) is 0 Å². The van der Waals surface area contributed by atoms with Gasteiger partial charge in [-0.25, -0.2) is 9.44 Å². The molecule has 1 heterocycles. The third-order valence-electron chi connectivity index (χ3n) is 1.99. The Morgan fingerprint density at radius 1 is 1.40 bits per heavy atom. The van der Waals surface area contributed by atoms with Crippen LogP contribution in [0.2, 0.25) is 0 Å². The average molecular weight is 237 g/mol. The maximum Gasteiger partial charge on any atom is 0.301 e. The van der Waals surface area contributed by atoms with Gasteiger partial charge in [-0.2, -0.15) is 8.42 Å². The molecule has 15 heavy (non-hydrogen) atoms. The minimum Gasteiger partial charge on any atom is -0.379 e. The van der Waals surface area contributed by atoms with E-state index in [-0.39, 0.29) is 6.54 Å². The third kappa shape index (κ3) is 4.56. The number of carbonyl (C=O) groups is 1.